The zero-order valence-electron chi connectivity index (χ0n) is 16.7. The van der Waals surface area contributed by atoms with Crippen molar-refractivity contribution in [3.63, 3.8) is 0 Å². The molecule has 5 rings (SSSR count). The summed E-state index contributed by atoms with van der Waals surface area (Å²) in [6, 6.07) is 12.8. The molecule has 3 amide bonds. The van der Waals surface area contributed by atoms with E-state index in [0.29, 0.717) is 17.3 Å². The van der Waals surface area contributed by atoms with Crippen molar-refractivity contribution in [1.29, 1.82) is 0 Å². The lowest BCUT2D eigenvalue weighted by Crippen LogP contribution is -2.61. The van der Waals surface area contributed by atoms with Crippen molar-refractivity contribution in [2.24, 2.45) is 0 Å². The fraction of sp³-hybridized carbons (Fsp3) is 0.238. The number of rotatable bonds is 3. The van der Waals surface area contributed by atoms with E-state index in [-0.39, 0.29) is 18.3 Å². The van der Waals surface area contributed by atoms with E-state index in [1.807, 2.05) is 24.3 Å². The number of urea groups is 1. The zero-order chi connectivity index (χ0) is 21.9. The largest absolute Gasteiger partial charge is 0.327 e. The Hall–Kier alpha value is -3.27. The summed E-state index contributed by atoms with van der Waals surface area (Å²) in [5, 5.41) is 8.69. The van der Waals surface area contributed by atoms with Crippen LogP contribution in [0.3, 0.4) is 0 Å². The van der Waals surface area contributed by atoms with Gasteiger partial charge in [-0.05, 0) is 18.2 Å². The Labute approximate surface area is 186 Å². The molecule has 2 unspecified atom stereocenters. The van der Waals surface area contributed by atoms with Crippen molar-refractivity contribution in [3.05, 3.63) is 64.4 Å². The molecule has 2 aliphatic rings. The van der Waals surface area contributed by atoms with E-state index in [9.17, 15) is 14.0 Å². The smallest absolute Gasteiger partial charge is 0.320 e. The number of likely N-dealkylation sites (N-methyl/N-ethyl adjacent to an activating group) is 2. The molecule has 0 spiro atoms. The fourth-order valence-corrected chi connectivity index (χ4v) is 4.48. The summed E-state index contributed by atoms with van der Waals surface area (Å²) in [4.78, 5) is 30.2. The molecule has 1 fully saturated rings. The minimum atomic E-state index is -0.744. The lowest BCUT2D eigenvalue weighted by atomic mass is 10.1. The van der Waals surface area contributed by atoms with Crippen LogP contribution in [0, 0.1) is 5.82 Å². The van der Waals surface area contributed by atoms with Gasteiger partial charge in [-0.25, -0.2) is 9.18 Å². The van der Waals surface area contributed by atoms with Crippen molar-refractivity contribution in [3.8, 4) is 11.4 Å². The second kappa shape index (κ2) is 7.16. The summed E-state index contributed by atoms with van der Waals surface area (Å²) in [5.74, 6) is 0.216. The van der Waals surface area contributed by atoms with Crippen LogP contribution in [0.15, 0.2) is 53.0 Å². The highest BCUT2D eigenvalue weighted by molar-refractivity contribution is 9.10. The van der Waals surface area contributed by atoms with Gasteiger partial charge in [0.05, 0.1) is 0 Å². The number of hydrogen-bond donors (Lipinski definition) is 0. The maximum Gasteiger partial charge on any atom is 0.327 e. The van der Waals surface area contributed by atoms with Crippen LogP contribution in [0.2, 0.25) is 0 Å². The number of halogens is 2. The Bertz CT molecular complexity index is 1200. The van der Waals surface area contributed by atoms with Crippen LogP contribution < -0.4 is 4.90 Å². The zero-order valence-corrected chi connectivity index (χ0v) is 18.3. The molecule has 8 nitrogen and oxygen atoms in total. The highest BCUT2D eigenvalue weighted by Crippen LogP contribution is 2.43. The van der Waals surface area contributed by atoms with E-state index in [4.69, 9.17) is 0 Å². The molecule has 2 atom stereocenters. The van der Waals surface area contributed by atoms with E-state index in [0.717, 1.165) is 14.9 Å². The van der Waals surface area contributed by atoms with Crippen molar-refractivity contribution in [1.82, 2.24) is 24.6 Å². The highest BCUT2D eigenvalue weighted by Gasteiger charge is 2.54. The maximum atomic E-state index is 14.4. The van der Waals surface area contributed by atoms with Gasteiger partial charge >= 0.3 is 6.03 Å². The summed E-state index contributed by atoms with van der Waals surface area (Å²) < 4.78 is 17.1. The SMILES string of the molecule is CN1C(=O)C2C(N(C)C1=O)n1c(-c3ccc(Br)cc3)nnc1N2Cc1ccccc1F. The highest BCUT2D eigenvalue weighted by atomic mass is 79.9. The third-order valence-corrected chi connectivity index (χ3v) is 6.32. The Kier molecular flexibility index (Phi) is 4.54. The molecule has 0 bridgehead atoms. The molecule has 1 saturated heterocycles. The van der Waals surface area contributed by atoms with Crippen LogP contribution in [0.25, 0.3) is 11.4 Å². The average Bonchev–Trinajstić information content (AvgIpc) is 3.32. The topological polar surface area (TPSA) is 74.6 Å². The molecule has 0 radical (unpaired) electrons. The van der Waals surface area contributed by atoms with Crippen LogP contribution in [0.4, 0.5) is 15.1 Å². The second-order valence-corrected chi connectivity index (χ2v) is 8.48. The van der Waals surface area contributed by atoms with Crippen LogP contribution in [0.1, 0.15) is 11.7 Å². The molecular weight excluding hydrogens is 467 g/mol. The number of imide groups is 1. The third kappa shape index (κ3) is 2.93. The molecule has 2 aliphatic heterocycles. The van der Waals surface area contributed by atoms with E-state index < -0.39 is 18.2 Å². The minimum absolute atomic E-state index is 0.119. The number of nitrogens with zero attached hydrogens (tertiary/aromatic N) is 6. The predicted molar refractivity (Wildman–Crippen MR) is 114 cm³/mol. The first-order chi connectivity index (χ1) is 14.9. The molecule has 2 aromatic carbocycles. The van der Waals surface area contributed by atoms with Gasteiger partial charge in [-0.3, -0.25) is 14.3 Å². The number of fused-ring (bicyclic) bond motifs is 3. The van der Waals surface area contributed by atoms with Gasteiger partial charge in [-0.15, -0.1) is 10.2 Å². The standard InChI is InChI=1S/C21H18BrFN6O2/c1-26-18-16(19(30)27(2)21(26)31)28(11-13-5-3-4-6-15(13)23)20-25-24-17(29(18)20)12-7-9-14(22)10-8-12/h3-10,16,18H,11H2,1-2H3. The number of carbonyl (C=O) groups excluding carboxylic acids is 2. The van der Waals surface area contributed by atoms with Gasteiger partial charge in [0.1, 0.15) is 12.0 Å². The van der Waals surface area contributed by atoms with Gasteiger partial charge in [0.15, 0.2) is 11.9 Å². The average molecular weight is 485 g/mol. The minimum Gasteiger partial charge on any atom is -0.320 e. The number of anilines is 1. The van der Waals surface area contributed by atoms with Gasteiger partial charge in [0.25, 0.3) is 5.91 Å². The van der Waals surface area contributed by atoms with Crippen LogP contribution in [-0.4, -0.2) is 56.6 Å². The van der Waals surface area contributed by atoms with Crippen LogP contribution >= 0.6 is 15.9 Å². The van der Waals surface area contributed by atoms with Gasteiger partial charge in [-0.1, -0.05) is 46.3 Å². The first kappa shape index (κ1) is 19.7. The monoisotopic (exact) mass is 484 g/mol. The van der Waals surface area contributed by atoms with Crippen LogP contribution in [-0.2, 0) is 11.3 Å². The van der Waals surface area contributed by atoms with E-state index in [2.05, 4.69) is 26.1 Å². The fourth-order valence-electron chi connectivity index (χ4n) is 4.21. The first-order valence-electron chi connectivity index (χ1n) is 9.63. The van der Waals surface area contributed by atoms with Crippen LogP contribution in [0.5, 0.6) is 0 Å². The normalized spacial score (nSPS) is 20.3. The van der Waals surface area contributed by atoms with Gasteiger partial charge < -0.3 is 9.80 Å². The third-order valence-electron chi connectivity index (χ3n) is 5.79. The number of amides is 3. The Morgan fingerprint density at radius 1 is 1.03 bits per heavy atom. The number of hydrogen-bond acceptors (Lipinski definition) is 5. The molecule has 1 aromatic heterocycles. The Balaban J connectivity index is 1.67. The second-order valence-electron chi connectivity index (χ2n) is 7.57. The lowest BCUT2D eigenvalue weighted by Gasteiger charge is -2.40. The quantitative estimate of drug-likeness (QED) is 0.570. The molecule has 0 aliphatic carbocycles. The molecule has 3 aromatic rings. The summed E-state index contributed by atoms with van der Waals surface area (Å²) in [7, 11) is 3.10. The summed E-state index contributed by atoms with van der Waals surface area (Å²) >= 11 is 3.42. The number of carbonyl (C=O) groups is 2. The van der Waals surface area contributed by atoms with Gasteiger partial charge in [0, 0.05) is 36.2 Å². The van der Waals surface area contributed by atoms with E-state index >= 15 is 0 Å². The summed E-state index contributed by atoms with van der Waals surface area (Å²) in [6.45, 7) is 0.119. The summed E-state index contributed by atoms with van der Waals surface area (Å²) in [6.07, 6.45) is -0.647. The molecule has 10 heteroatoms. The Morgan fingerprint density at radius 2 is 1.74 bits per heavy atom. The van der Waals surface area contributed by atoms with Crippen molar-refractivity contribution in [2.75, 3.05) is 19.0 Å². The van der Waals surface area contributed by atoms with Crippen molar-refractivity contribution in [2.45, 2.75) is 18.8 Å². The van der Waals surface area contributed by atoms with Gasteiger partial charge in [0.2, 0.25) is 5.95 Å². The number of aromatic nitrogens is 3. The van der Waals surface area contributed by atoms with E-state index in [1.54, 1.807) is 34.7 Å². The van der Waals surface area contributed by atoms with Gasteiger partial charge in [-0.2, -0.15) is 0 Å². The predicted octanol–water partition coefficient (Wildman–Crippen LogP) is 3.26. The lowest BCUT2D eigenvalue weighted by molar-refractivity contribution is -0.133. The summed E-state index contributed by atoms with van der Waals surface area (Å²) in [5.41, 5.74) is 1.22. The molecule has 31 heavy (non-hydrogen) atoms. The molecule has 0 N–H and O–H groups in total. The molecular formula is C21H18BrFN6O2. The molecule has 0 saturated carbocycles. The molecule has 3 heterocycles. The molecule has 158 valence electrons. The van der Waals surface area contributed by atoms with Crippen molar-refractivity contribution >= 4 is 33.8 Å². The maximum absolute atomic E-state index is 14.4. The number of benzene rings is 2. The van der Waals surface area contributed by atoms with E-state index in [1.165, 1.54) is 18.0 Å². The Morgan fingerprint density at radius 3 is 2.45 bits per heavy atom. The van der Waals surface area contributed by atoms with Crippen molar-refractivity contribution < 1.29 is 14.0 Å². The first-order valence-corrected chi connectivity index (χ1v) is 10.4.